The van der Waals surface area contributed by atoms with Crippen molar-refractivity contribution in [2.75, 3.05) is 16.8 Å². The van der Waals surface area contributed by atoms with Crippen molar-refractivity contribution in [1.29, 1.82) is 0 Å². The topological polar surface area (TPSA) is 99.2 Å². The number of benzene rings is 3. The SMILES string of the molecule is CN1C(=O)N(I)c2cc(C(=O)NCc3ccc(OCC(=O)O)cc3)cc(I)c2C1(C)Cc1c(F)cccc1Cl. The largest absolute Gasteiger partial charge is 0.482 e. The van der Waals surface area contributed by atoms with Gasteiger partial charge in [-0.2, -0.15) is 0 Å². The Bertz CT molecular complexity index is 1440. The van der Waals surface area contributed by atoms with Crippen molar-refractivity contribution < 1.29 is 28.6 Å². The first-order chi connectivity index (χ1) is 18.4. The van der Waals surface area contributed by atoms with E-state index in [1.807, 2.05) is 29.8 Å². The molecule has 1 aliphatic heterocycles. The Morgan fingerprint density at radius 1 is 1.18 bits per heavy atom. The van der Waals surface area contributed by atoms with Gasteiger partial charge < -0.3 is 20.1 Å². The van der Waals surface area contributed by atoms with Crippen LogP contribution in [0.25, 0.3) is 0 Å². The van der Waals surface area contributed by atoms with Gasteiger partial charge in [0.2, 0.25) is 0 Å². The summed E-state index contributed by atoms with van der Waals surface area (Å²) in [5.74, 6) is -1.44. The zero-order valence-electron chi connectivity index (χ0n) is 20.8. The van der Waals surface area contributed by atoms with Crippen molar-refractivity contribution in [2.24, 2.45) is 0 Å². The molecular formula is C27H23ClFI2N3O5. The lowest BCUT2D eigenvalue weighted by Gasteiger charge is -2.47. The summed E-state index contributed by atoms with van der Waals surface area (Å²) in [6.45, 7) is 1.65. The normalized spacial score (nSPS) is 16.6. The number of likely N-dealkylation sites (N-methyl/N-ethyl adjacent to an activating group) is 1. The number of ether oxygens (including phenoxy) is 1. The van der Waals surface area contributed by atoms with Gasteiger partial charge in [-0.3, -0.25) is 4.79 Å². The number of amides is 3. The predicted molar refractivity (Wildman–Crippen MR) is 162 cm³/mol. The Balaban J connectivity index is 1.60. The second-order valence-corrected chi connectivity index (χ2v) is 11.7. The summed E-state index contributed by atoms with van der Waals surface area (Å²) < 4.78 is 22.1. The number of urea groups is 1. The van der Waals surface area contributed by atoms with E-state index < -0.39 is 23.9 Å². The summed E-state index contributed by atoms with van der Waals surface area (Å²) in [6.07, 6.45) is 0.145. The van der Waals surface area contributed by atoms with E-state index in [0.29, 0.717) is 22.6 Å². The van der Waals surface area contributed by atoms with E-state index in [2.05, 4.69) is 27.9 Å². The fraction of sp³-hybridized carbons (Fsp3) is 0.222. The second kappa shape index (κ2) is 11.8. The van der Waals surface area contributed by atoms with Crippen LogP contribution in [0.2, 0.25) is 5.02 Å². The highest BCUT2D eigenvalue weighted by Gasteiger charge is 2.46. The molecular weight excluding hydrogens is 755 g/mol. The highest BCUT2D eigenvalue weighted by molar-refractivity contribution is 14.1. The summed E-state index contributed by atoms with van der Waals surface area (Å²) >= 11 is 10.4. The molecule has 2 N–H and O–H groups in total. The summed E-state index contributed by atoms with van der Waals surface area (Å²) in [4.78, 5) is 38.6. The molecule has 4 rings (SSSR count). The maximum absolute atomic E-state index is 14.8. The number of carbonyl (C=O) groups is 3. The molecule has 1 heterocycles. The Hall–Kier alpha value is -2.65. The maximum atomic E-state index is 14.8. The highest BCUT2D eigenvalue weighted by atomic mass is 127. The van der Waals surface area contributed by atoms with Gasteiger partial charge in [0, 0.05) is 45.3 Å². The first kappa shape index (κ1) is 29.3. The number of anilines is 1. The van der Waals surface area contributed by atoms with Crippen LogP contribution in [0.1, 0.15) is 34.0 Å². The number of hydrogen-bond donors (Lipinski definition) is 2. The number of hydrogen-bond acceptors (Lipinski definition) is 4. The van der Waals surface area contributed by atoms with Gasteiger partial charge in [0.15, 0.2) is 6.61 Å². The van der Waals surface area contributed by atoms with Crippen molar-refractivity contribution in [2.45, 2.75) is 25.4 Å². The molecule has 0 aliphatic carbocycles. The smallest absolute Gasteiger partial charge is 0.341 e. The molecule has 39 heavy (non-hydrogen) atoms. The van der Waals surface area contributed by atoms with E-state index in [1.165, 1.54) is 15.2 Å². The van der Waals surface area contributed by atoms with Crippen LogP contribution >= 0.6 is 57.1 Å². The average molecular weight is 778 g/mol. The first-order valence-electron chi connectivity index (χ1n) is 11.6. The third-order valence-corrected chi connectivity index (χ3v) is 8.74. The molecule has 0 spiro atoms. The average Bonchev–Trinajstić information content (AvgIpc) is 2.90. The summed E-state index contributed by atoms with van der Waals surface area (Å²) in [7, 11) is 1.67. The minimum Gasteiger partial charge on any atom is -0.482 e. The predicted octanol–water partition coefficient (Wildman–Crippen LogP) is 6.16. The maximum Gasteiger partial charge on any atom is 0.341 e. The minimum absolute atomic E-state index is 0.145. The first-order valence-corrected chi connectivity index (χ1v) is 14.1. The van der Waals surface area contributed by atoms with Gasteiger partial charge in [0.1, 0.15) is 11.6 Å². The van der Waals surface area contributed by atoms with Crippen molar-refractivity contribution in [3.8, 4) is 5.75 Å². The third kappa shape index (κ3) is 6.09. The molecule has 3 amide bonds. The van der Waals surface area contributed by atoms with E-state index in [1.54, 1.807) is 54.4 Å². The zero-order valence-corrected chi connectivity index (χ0v) is 25.9. The quantitative estimate of drug-likeness (QED) is 0.211. The molecule has 1 unspecified atom stereocenters. The van der Waals surface area contributed by atoms with Crippen LogP contribution in [0, 0.1) is 9.39 Å². The fourth-order valence-electron chi connectivity index (χ4n) is 4.41. The van der Waals surface area contributed by atoms with Gasteiger partial charge in [-0.15, -0.1) is 0 Å². The Labute approximate surface area is 257 Å². The molecule has 0 aromatic heterocycles. The molecule has 0 fully saturated rings. The molecule has 12 heteroatoms. The Kier molecular flexibility index (Phi) is 8.91. The van der Waals surface area contributed by atoms with E-state index in [9.17, 15) is 18.8 Å². The van der Waals surface area contributed by atoms with Crippen molar-refractivity contribution in [1.82, 2.24) is 10.2 Å². The second-order valence-electron chi connectivity index (χ2n) is 9.13. The van der Waals surface area contributed by atoms with E-state index in [4.69, 9.17) is 21.4 Å². The molecule has 204 valence electrons. The van der Waals surface area contributed by atoms with E-state index in [0.717, 1.165) is 14.7 Å². The van der Waals surface area contributed by atoms with Crippen molar-refractivity contribution in [3.05, 3.63) is 91.3 Å². The summed E-state index contributed by atoms with van der Waals surface area (Å²) in [5.41, 5.74) is 1.87. The molecule has 0 saturated heterocycles. The lowest BCUT2D eigenvalue weighted by molar-refractivity contribution is -0.139. The molecule has 0 bridgehead atoms. The van der Waals surface area contributed by atoms with E-state index in [-0.39, 0.29) is 29.9 Å². The van der Waals surface area contributed by atoms with Gasteiger partial charge in [0.25, 0.3) is 5.91 Å². The highest BCUT2D eigenvalue weighted by Crippen LogP contribution is 2.47. The molecule has 3 aromatic rings. The number of nitrogens with zero attached hydrogens (tertiary/aromatic N) is 2. The minimum atomic E-state index is -1.07. The molecule has 0 saturated carbocycles. The summed E-state index contributed by atoms with van der Waals surface area (Å²) in [5, 5.41) is 11.9. The van der Waals surface area contributed by atoms with Crippen LogP contribution in [0.15, 0.2) is 54.6 Å². The third-order valence-electron chi connectivity index (χ3n) is 6.60. The van der Waals surface area contributed by atoms with Gasteiger partial charge in [-0.1, -0.05) is 29.8 Å². The number of aliphatic carboxylic acids is 1. The number of nitrogens with one attached hydrogen (secondary N) is 1. The van der Waals surface area contributed by atoms with Gasteiger partial charge >= 0.3 is 12.0 Å². The molecule has 0 radical (unpaired) electrons. The fourth-order valence-corrected chi connectivity index (χ4v) is 6.54. The number of carboxylic acid groups (broad SMARTS) is 1. The van der Waals surface area contributed by atoms with Crippen molar-refractivity contribution in [3.63, 3.8) is 0 Å². The van der Waals surface area contributed by atoms with Crippen LogP contribution in [0.5, 0.6) is 5.75 Å². The van der Waals surface area contributed by atoms with Crippen LogP contribution in [-0.4, -0.2) is 41.6 Å². The Morgan fingerprint density at radius 2 is 1.87 bits per heavy atom. The van der Waals surface area contributed by atoms with Crippen LogP contribution in [0.4, 0.5) is 14.9 Å². The van der Waals surface area contributed by atoms with E-state index >= 15 is 0 Å². The van der Waals surface area contributed by atoms with Gasteiger partial charge in [-0.25, -0.2) is 17.1 Å². The van der Waals surface area contributed by atoms with Crippen LogP contribution in [-0.2, 0) is 23.3 Å². The number of fused-ring (bicyclic) bond motifs is 1. The van der Waals surface area contributed by atoms with Crippen molar-refractivity contribution >= 4 is 80.7 Å². The van der Waals surface area contributed by atoms with Crippen LogP contribution in [0.3, 0.4) is 0 Å². The van der Waals surface area contributed by atoms with Gasteiger partial charge in [0.05, 0.1) is 34.1 Å². The standard InChI is InChI=1S/C27H23ClFI2N3O5/c1-27(12-18-19(28)4-3-5-20(18)29)24-21(30)10-16(11-22(24)34(31)26(38)33(27)2)25(37)32-13-15-6-8-17(9-7-15)39-14-23(35)36/h3-11H,12-14H2,1-2H3,(H,32,37)(H,35,36). The molecule has 1 atom stereocenters. The monoisotopic (exact) mass is 777 g/mol. The zero-order chi connectivity index (χ0) is 28.5. The number of carbonyl (C=O) groups excluding carboxylic acids is 2. The molecule has 3 aromatic carbocycles. The van der Waals surface area contributed by atoms with Crippen LogP contribution < -0.4 is 13.2 Å². The Morgan fingerprint density at radius 3 is 2.51 bits per heavy atom. The molecule has 8 nitrogen and oxygen atoms in total. The molecule has 1 aliphatic rings. The lowest BCUT2D eigenvalue weighted by Crippen LogP contribution is -2.54. The number of halogens is 4. The lowest BCUT2D eigenvalue weighted by atomic mass is 9.81. The number of rotatable bonds is 8. The number of carboxylic acids is 1. The van der Waals surface area contributed by atoms with Gasteiger partial charge in [-0.05, 0) is 71.5 Å². The summed E-state index contributed by atoms with van der Waals surface area (Å²) in [6, 6.07) is 14.3.